The number of nitrogen functional groups attached to an aromatic ring is 1. The molecule has 2 rings (SSSR count). The lowest BCUT2D eigenvalue weighted by atomic mass is 9.83. The van der Waals surface area contributed by atoms with Crippen molar-refractivity contribution >= 4 is 11.4 Å². The second kappa shape index (κ2) is 4.13. The Morgan fingerprint density at radius 1 is 1.20 bits per heavy atom. The summed E-state index contributed by atoms with van der Waals surface area (Å²) in [6.45, 7) is 2.31. The Hall–Kier alpha value is -1.18. The van der Waals surface area contributed by atoms with Gasteiger partial charge in [-0.05, 0) is 38.0 Å². The maximum absolute atomic E-state index is 5.77. The van der Waals surface area contributed by atoms with Gasteiger partial charge in [-0.15, -0.1) is 0 Å². The zero-order valence-corrected chi connectivity index (χ0v) is 9.42. The molecule has 0 unspecified atom stereocenters. The number of benzene rings is 1. The van der Waals surface area contributed by atoms with Gasteiger partial charge in [0, 0.05) is 16.9 Å². The van der Waals surface area contributed by atoms with Crippen LogP contribution in [0.2, 0.25) is 0 Å². The average molecular weight is 204 g/mol. The fourth-order valence-corrected chi connectivity index (χ4v) is 2.42. The summed E-state index contributed by atoms with van der Waals surface area (Å²) in [5.74, 6) is 0. The van der Waals surface area contributed by atoms with Gasteiger partial charge in [-0.1, -0.05) is 25.3 Å². The number of anilines is 2. The molecular formula is C13H20N2. The van der Waals surface area contributed by atoms with Crippen LogP contribution in [0.15, 0.2) is 24.3 Å². The van der Waals surface area contributed by atoms with E-state index >= 15 is 0 Å². The Morgan fingerprint density at radius 3 is 2.60 bits per heavy atom. The molecule has 1 aliphatic carbocycles. The van der Waals surface area contributed by atoms with Crippen LogP contribution in [0.3, 0.4) is 0 Å². The molecule has 0 amide bonds. The van der Waals surface area contributed by atoms with Crippen molar-refractivity contribution in [1.82, 2.24) is 0 Å². The molecule has 1 aliphatic rings. The van der Waals surface area contributed by atoms with E-state index in [-0.39, 0.29) is 5.54 Å². The highest BCUT2D eigenvalue weighted by Crippen LogP contribution is 2.31. The first-order valence-corrected chi connectivity index (χ1v) is 5.82. The van der Waals surface area contributed by atoms with Crippen LogP contribution in [0.4, 0.5) is 11.4 Å². The van der Waals surface area contributed by atoms with Gasteiger partial charge in [0.2, 0.25) is 0 Å². The molecular weight excluding hydrogens is 184 g/mol. The predicted octanol–water partition coefficient (Wildman–Crippen LogP) is 3.40. The molecule has 1 aromatic rings. The van der Waals surface area contributed by atoms with Gasteiger partial charge in [0.25, 0.3) is 0 Å². The van der Waals surface area contributed by atoms with Crippen LogP contribution in [0, 0.1) is 0 Å². The molecule has 0 atom stereocenters. The average Bonchev–Trinajstić information content (AvgIpc) is 2.18. The minimum atomic E-state index is 0.270. The summed E-state index contributed by atoms with van der Waals surface area (Å²) in [4.78, 5) is 0. The van der Waals surface area contributed by atoms with Crippen molar-refractivity contribution in [3.8, 4) is 0 Å². The summed E-state index contributed by atoms with van der Waals surface area (Å²) in [5, 5.41) is 3.62. The molecule has 0 bridgehead atoms. The van der Waals surface area contributed by atoms with Gasteiger partial charge in [-0.2, -0.15) is 0 Å². The Morgan fingerprint density at radius 2 is 1.93 bits per heavy atom. The Balaban J connectivity index is 2.06. The third-order valence-corrected chi connectivity index (χ3v) is 3.29. The largest absolute Gasteiger partial charge is 0.399 e. The second-order valence-electron chi connectivity index (χ2n) is 4.87. The smallest absolute Gasteiger partial charge is 0.0364 e. The van der Waals surface area contributed by atoms with Crippen LogP contribution in [0.1, 0.15) is 39.0 Å². The topological polar surface area (TPSA) is 38.0 Å². The van der Waals surface area contributed by atoms with Crippen LogP contribution in [0.5, 0.6) is 0 Å². The summed E-state index contributed by atoms with van der Waals surface area (Å²) in [6, 6.07) is 8.04. The molecule has 1 saturated carbocycles. The monoisotopic (exact) mass is 204 g/mol. The molecule has 0 aliphatic heterocycles. The minimum absolute atomic E-state index is 0.270. The van der Waals surface area contributed by atoms with Crippen molar-refractivity contribution in [3.05, 3.63) is 24.3 Å². The van der Waals surface area contributed by atoms with Gasteiger partial charge in [-0.3, -0.25) is 0 Å². The highest BCUT2D eigenvalue weighted by Gasteiger charge is 2.26. The normalized spacial score (nSPS) is 19.8. The van der Waals surface area contributed by atoms with E-state index in [1.54, 1.807) is 0 Å². The van der Waals surface area contributed by atoms with Gasteiger partial charge in [0.15, 0.2) is 0 Å². The molecule has 0 radical (unpaired) electrons. The van der Waals surface area contributed by atoms with Crippen LogP contribution in [-0.4, -0.2) is 5.54 Å². The number of hydrogen-bond donors (Lipinski definition) is 2. The lowest BCUT2D eigenvalue weighted by Gasteiger charge is -2.35. The standard InChI is InChI=1S/C13H20N2/c1-13(8-3-2-4-9-13)15-12-7-5-6-11(14)10-12/h5-7,10,15H,2-4,8-9,14H2,1H3. The van der Waals surface area contributed by atoms with Gasteiger partial charge >= 0.3 is 0 Å². The fraction of sp³-hybridized carbons (Fsp3) is 0.538. The number of nitrogens with one attached hydrogen (secondary N) is 1. The summed E-state index contributed by atoms with van der Waals surface area (Å²) < 4.78 is 0. The van der Waals surface area contributed by atoms with Crippen molar-refractivity contribution in [3.63, 3.8) is 0 Å². The van der Waals surface area contributed by atoms with E-state index in [1.165, 1.54) is 32.1 Å². The molecule has 0 heterocycles. The van der Waals surface area contributed by atoms with Crippen molar-refractivity contribution in [2.24, 2.45) is 0 Å². The van der Waals surface area contributed by atoms with Gasteiger partial charge in [0.1, 0.15) is 0 Å². The van der Waals surface area contributed by atoms with Crippen molar-refractivity contribution in [2.75, 3.05) is 11.1 Å². The van der Waals surface area contributed by atoms with Crippen LogP contribution in [0.25, 0.3) is 0 Å². The van der Waals surface area contributed by atoms with Crippen molar-refractivity contribution in [1.29, 1.82) is 0 Å². The SMILES string of the molecule is CC1(Nc2cccc(N)c2)CCCCC1. The number of rotatable bonds is 2. The third kappa shape index (κ3) is 2.65. The van der Waals surface area contributed by atoms with Crippen LogP contribution in [-0.2, 0) is 0 Å². The molecule has 0 saturated heterocycles. The fourth-order valence-electron chi connectivity index (χ4n) is 2.42. The van der Waals surface area contributed by atoms with E-state index in [2.05, 4.69) is 18.3 Å². The minimum Gasteiger partial charge on any atom is -0.399 e. The Labute approximate surface area is 91.9 Å². The van der Waals surface area contributed by atoms with E-state index < -0.39 is 0 Å². The zero-order chi connectivity index (χ0) is 10.7. The van der Waals surface area contributed by atoms with Crippen LogP contribution < -0.4 is 11.1 Å². The van der Waals surface area contributed by atoms with Crippen molar-refractivity contribution in [2.45, 2.75) is 44.6 Å². The van der Waals surface area contributed by atoms with E-state index in [0.29, 0.717) is 0 Å². The summed E-state index contributed by atoms with van der Waals surface area (Å²) in [6.07, 6.45) is 6.59. The Kier molecular flexibility index (Phi) is 2.85. The molecule has 15 heavy (non-hydrogen) atoms. The maximum Gasteiger partial charge on any atom is 0.0364 e. The summed E-state index contributed by atoms with van der Waals surface area (Å²) in [7, 11) is 0. The molecule has 1 fully saturated rings. The lowest BCUT2D eigenvalue weighted by Crippen LogP contribution is -2.36. The highest BCUT2D eigenvalue weighted by atomic mass is 15.0. The first-order valence-electron chi connectivity index (χ1n) is 5.82. The van der Waals surface area contributed by atoms with E-state index in [4.69, 9.17) is 5.73 Å². The van der Waals surface area contributed by atoms with Crippen molar-refractivity contribution < 1.29 is 0 Å². The van der Waals surface area contributed by atoms with E-state index in [1.807, 2.05) is 18.2 Å². The summed E-state index contributed by atoms with van der Waals surface area (Å²) in [5.41, 5.74) is 8.02. The van der Waals surface area contributed by atoms with Gasteiger partial charge in [-0.25, -0.2) is 0 Å². The zero-order valence-electron chi connectivity index (χ0n) is 9.42. The number of hydrogen-bond acceptors (Lipinski definition) is 2. The maximum atomic E-state index is 5.77. The molecule has 0 spiro atoms. The van der Waals surface area contributed by atoms with Crippen LogP contribution >= 0.6 is 0 Å². The lowest BCUT2D eigenvalue weighted by molar-refractivity contribution is 0.349. The highest BCUT2D eigenvalue weighted by molar-refractivity contribution is 5.55. The summed E-state index contributed by atoms with van der Waals surface area (Å²) >= 11 is 0. The van der Waals surface area contributed by atoms with Gasteiger partial charge < -0.3 is 11.1 Å². The molecule has 2 nitrogen and oxygen atoms in total. The molecule has 2 heteroatoms. The van der Waals surface area contributed by atoms with Gasteiger partial charge in [0.05, 0.1) is 0 Å². The first kappa shape index (κ1) is 10.3. The van der Waals surface area contributed by atoms with E-state index in [9.17, 15) is 0 Å². The Bertz CT molecular complexity index is 327. The van der Waals surface area contributed by atoms with E-state index in [0.717, 1.165) is 11.4 Å². The molecule has 3 N–H and O–H groups in total. The second-order valence-corrected chi connectivity index (χ2v) is 4.87. The first-order chi connectivity index (χ1) is 7.18. The third-order valence-electron chi connectivity index (χ3n) is 3.29. The predicted molar refractivity (Wildman–Crippen MR) is 66.0 cm³/mol. The quantitative estimate of drug-likeness (QED) is 0.724. The molecule has 82 valence electrons. The number of nitrogens with two attached hydrogens (primary N) is 1. The molecule has 1 aromatic carbocycles. The molecule has 0 aromatic heterocycles.